The Morgan fingerprint density at radius 1 is 0.690 bits per heavy atom. The van der Waals surface area contributed by atoms with E-state index >= 15 is 0 Å². The number of rotatable bonds is 4. The maximum absolute atomic E-state index is 13.3. The molecule has 0 fully saturated rings. The molecule has 29 heavy (non-hydrogen) atoms. The minimum atomic E-state index is -0.462. The van der Waals surface area contributed by atoms with Crippen LogP contribution in [0, 0.1) is 0 Å². The summed E-state index contributed by atoms with van der Waals surface area (Å²) in [7, 11) is 0. The normalized spacial score (nSPS) is 11.1. The molecule has 4 nitrogen and oxygen atoms in total. The summed E-state index contributed by atoms with van der Waals surface area (Å²) in [6, 6.07) is 19.7. The van der Waals surface area contributed by atoms with E-state index in [1.54, 1.807) is 24.3 Å². The molecule has 0 unspecified atom stereocenters. The molecule has 4 rings (SSSR count). The van der Waals surface area contributed by atoms with E-state index < -0.39 is 11.2 Å². The molecular formula is C22H15Cl3N2O2. The van der Waals surface area contributed by atoms with Crippen LogP contribution in [0.1, 0.15) is 11.1 Å². The molecule has 0 spiro atoms. The van der Waals surface area contributed by atoms with Crippen molar-refractivity contribution in [1.29, 1.82) is 0 Å². The summed E-state index contributed by atoms with van der Waals surface area (Å²) in [6.07, 6.45) is 0. The summed E-state index contributed by atoms with van der Waals surface area (Å²) in [6.45, 7) is 0.366. The lowest BCUT2D eigenvalue weighted by Gasteiger charge is -2.15. The van der Waals surface area contributed by atoms with Gasteiger partial charge in [0.1, 0.15) is 0 Å². The van der Waals surface area contributed by atoms with Crippen LogP contribution in [-0.4, -0.2) is 9.13 Å². The summed E-state index contributed by atoms with van der Waals surface area (Å²) in [5.74, 6) is 0. The highest BCUT2D eigenvalue weighted by atomic mass is 35.5. The van der Waals surface area contributed by atoms with Crippen LogP contribution in [-0.2, 0) is 13.1 Å². The molecule has 0 saturated heterocycles. The standard InChI is InChI=1S/C22H15Cl3N2O2/c23-16-8-4-7-15(9-16)13-27-21(28)20-18(25)10-17(24)11-19(20)26(22(27)29)12-14-5-2-1-3-6-14/h1-11H,12-13H2. The van der Waals surface area contributed by atoms with Gasteiger partial charge in [0, 0.05) is 10.0 Å². The average molecular weight is 446 g/mol. The van der Waals surface area contributed by atoms with E-state index in [9.17, 15) is 9.59 Å². The van der Waals surface area contributed by atoms with Crippen LogP contribution in [0.4, 0.5) is 0 Å². The molecule has 146 valence electrons. The molecule has 0 N–H and O–H groups in total. The Morgan fingerprint density at radius 2 is 1.38 bits per heavy atom. The predicted octanol–water partition coefficient (Wildman–Crippen LogP) is 5.22. The molecule has 0 bridgehead atoms. The zero-order valence-electron chi connectivity index (χ0n) is 15.1. The van der Waals surface area contributed by atoms with Crippen LogP contribution in [0.3, 0.4) is 0 Å². The van der Waals surface area contributed by atoms with Crippen LogP contribution in [0.15, 0.2) is 76.3 Å². The summed E-state index contributed by atoms with van der Waals surface area (Å²) in [5.41, 5.74) is 1.16. The zero-order chi connectivity index (χ0) is 20.5. The number of fused-ring (bicyclic) bond motifs is 1. The van der Waals surface area contributed by atoms with Crippen molar-refractivity contribution in [3.8, 4) is 0 Å². The first-order valence-corrected chi connectivity index (χ1v) is 9.98. The van der Waals surface area contributed by atoms with Gasteiger partial charge in [0.15, 0.2) is 0 Å². The molecule has 0 aliphatic rings. The molecular weight excluding hydrogens is 431 g/mol. The number of nitrogens with zero attached hydrogens (tertiary/aromatic N) is 2. The average Bonchev–Trinajstić information content (AvgIpc) is 2.69. The molecule has 0 saturated carbocycles. The number of hydrogen-bond acceptors (Lipinski definition) is 2. The van der Waals surface area contributed by atoms with Crippen molar-refractivity contribution in [2.24, 2.45) is 0 Å². The molecule has 7 heteroatoms. The van der Waals surface area contributed by atoms with Gasteiger partial charge in [0.05, 0.1) is 29.0 Å². The molecule has 0 atom stereocenters. The fourth-order valence-electron chi connectivity index (χ4n) is 3.33. The van der Waals surface area contributed by atoms with Crippen LogP contribution in [0.2, 0.25) is 15.1 Å². The molecule has 0 aliphatic heterocycles. The van der Waals surface area contributed by atoms with Crippen molar-refractivity contribution in [1.82, 2.24) is 9.13 Å². The van der Waals surface area contributed by atoms with Gasteiger partial charge in [-0.05, 0) is 35.4 Å². The van der Waals surface area contributed by atoms with Crippen LogP contribution < -0.4 is 11.2 Å². The monoisotopic (exact) mass is 444 g/mol. The molecule has 3 aromatic carbocycles. The van der Waals surface area contributed by atoms with Gasteiger partial charge in [-0.1, -0.05) is 77.3 Å². The highest BCUT2D eigenvalue weighted by Gasteiger charge is 2.17. The van der Waals surface area contributed by atoms with Gasteiger partial charge < -0.3 is 0 Å². The highest BCUT2D eigenvalue weighted by Crippen LogP contribution is 2.25. The van der Waals surface area contributed by atoms with E-state index in [1.807, 2.05) is 36.4 Å². The molecule has 1 aromatic heterocycles. The smallest absolute Gasteiger partial charge is 0.289 e. The SMILES string of the molecule is O=c1c2c(Cl)cc(Cl)cc2n(Cc2ccccc2)c(=O)n1Cc1cccc(Cl)c1. The number of benzene rings is 3. The van der Waals surface area contributed by atoms with Crippen LogP contribution >= 0.6 is 34.8 Å². The summed E-state index contributed by atoms with van der Waals surface area (Å²) in [5, 5.41) is 1.36. The molecule has 0 aliphatic carbocycles. The summed E-state index contributed by atoms with van der Waals surface area (Å²) in [4.78, 5) is 26.5. The van der Waals surface area contributed by atoms with E-state index in [0.717, 1.165) is 11.1 Å². The second kappa shape index (κ2) is 8.07. The molecule has 1 heterocycles. The van der Waals surface area contributed by atoms with Crippen molar-refractivity contribution in [2.45, 2.75) is 13.1 Å². The van der Waals surface area contributed by atoms with Crippen molar-refractivity contribution in [3.05, 3.63) is 114 Å². The summed E-state index contributed by atoms with van der Waals surface area (Å²) >= 11 is 18.6. The maximum atomic E-state index is 13.3. The second-order valence-electron chi connectivity index (χ2n) is 6.66. The van der Waals surface area contributed by atoms with Gasteiger partial charge >= 0.3 is 5.69 Å². The Balaban J connectivity index is 1.99. The minimum absolute atomic E-state index is 0.0852. The quantitative estimate of drug-likeness (QED) is 0.432. The third-order valence-electron chi connectivity index (χ3n) is 4.66. The fourth-order valence-corrected chi connectivity index (χ4v) is 4.11. The van der Waals surface area contributed by atoms with Crippen molar-refractivity contribution in [3.63, 3.8) is 0 Å². The van der Waals surface area contributed by atoms with Crippen LogP contribution in [0.5, 0.6) is 0 Å². The van der Waals surface area contributed by atoms with E-state index in [-0.39, 0.29) is 23.5 Å². The van der Waals surface area contributed by atoms with Gasteiger partial charge in [-0.2, -0.15) is 0 Å². The van der Waals surface area contributed by atoms with Crippen LogP contribution in [0.25, 0.3) is 10.9 Å². The fraction of sp³-hybridized carbons (Fsp3) is 0.0909. The van der Waals surface area contributed by atoms with Crippen molar-refractivity contribution >= 4 is 45.7 Å². The lowest BCUT2D eigenvalue weighted by molar-refractivity contribution is 0.635. The Bertz CT molecular complexity index is 1330. The first kappa shape index (κ1) is 19.8. The Morgan fingerprint density at radius 3 is 2.10 bits per heavy atom. The van der Waals surface area contributed by atoms with Gasteiger partial charge in [-0.3, -0.25) is 13.9 Å². The van der Waals surface area contributed by atoms with Gasteiger partial charge in [0.2, 0.25) is 0 Å². The molecule has 0 amide bonds. The van der Waals surface area contributed by atoms with Crippen molar-refractivity contribution < 1.29 is 0 Å². The minimum Gasteiger partial charge on any atom is -0.289 e. The van der Waals surface area contributed by atoms with E-state index in [0.29, 0.717) is 15.6 Å². The lowest BCUT2D eigenvalue weighted by atomic mass is 10.2. The zero-order valence-corrected chi connectivity index (χ0v) is 17.4. The third-order valence-corrected chi connectivity index (χ3v) is 5.41. The van der Waals surface area contributed by atoms with E-state index in [1.165, 1.54) is 15.2 Å². The third kappa shape index (κ3) is 3.97. The van der Waals surface area contributed by atoms with Crippen molar-refractivity contribution in [2.75, 3.05) is 0 Å². The number of halogens is 3. The first-order chi connectivity index (χ1) is 13.9. The largest absolute Gasteiger partial charge is 0.332 e. The van der Waals surface area contributed by atoms with Gasteiger partial charge in [-0.25, -0.2) is 4.79 Å². The lowest BCUT2D eigenvalue weighted by Crippen LogP contribution is -2.40. The van der Waals surface area contributed by atoms with E-state index in [4.69, 9.17) is 34.8 Å². The van der Waals surface area contributed by atoms with E-state index in [2.05, 4.69) is 0 Å². The molecule has 0 radical (unpaired) electrons. The highest BCUT2D eigenvalue weighted by molar-refractivity contribution is 6.38. The van der Waals surface area contributed by atoms with Gasteiger partial charge in [-0.15, -0.1) is 0 Å². The molecule has 4 aromatic rings. The number of hydrogen-bond donors (Lipinski definition) is 0. The maximum Gasteiger partial charge on any atom is 0.332 e. The Labute approximate surface area is 181 Å². The Kier molecular flexibility index (Phi) is 5.50. The predicted molar refractivity (Wildman–Crippen MR) is 119 cm³/mol. The van der Waals surface area contributed by atoms with Gasteiger partial charge in [0.25, 0.3) is 5.56 Å². The number of aromatic nitrogens is 2. The topological polar surface area (TPSA) is 44.0 Å². The second-order valence-corrected chi connectivity index (χ2v) is 7.94. The Hall–Kier alpha value is -2.53. The first-order valence-electron chi connectivity index (χ1n) is 8.85. The summed E-state index contributed by atoms with van der Waals surface area (Å²) < 4.78 is 2.70.